The van der Waals surface area contributed by atoms with Crippen molar-refractivity contribution in [1.82, 2.24) is 4.98 Å². The fraction of sp³-hybridized carbons (Fsp3) is 0.0435. The van der Waals surface area contributed by atoms with Gasteiger partial charge in [0, 0.05) is 33.8 Å². The number of aromatic nitrogens is 1. The lowest BCUT2D eigenvalue weighted by atomic mass is 9.98. The number of rotatable bonds is 4. The van der Waals surface area contributed by atoms with Crippen molar-refractivity contribution in [2.24, 2.45) is 0 Å². The zero-order valence-corrected chi connectivity index (χ0v) is 15.8. The molecule has 3 nitrogen and oxygen atoms in total. The van der Waals surface area contributed by atoms with Crippen molar-refractivity contribution in [1.29, 1.82) is 0 Å². The third kappa shape index (κ3) is 3.47. The second kappa shape index (κ2) is 7.41. The Morgan fingerprint density at radius 3 is 2.57 bits per heavy atom. The van der Waals surface area contributed by atoms with Crippen LogP contribution in [0.5, 0.6) is 0 Å². The molecule has 1 N–H and O–H groups in total. The van der Waals surface area contributed by atoms with Crippen molar-refractivity contribution < 1.29 is 9.18 Å². The molecule has 0 saturated heterocycles. The van der Waals surface area contributed by atoms with Gasteiger partial charge in [-0.05, 0) is 48.9 Å². The minimum absolute atomic E-state index is 0.235. The van der Waals surface area contributed by atoms with E-state index >= 15 is 0 Å². The van der Waals surface area contributed by atoms with Gasteiger partial charge in [-0.25, -0.2) is 4.39 Å². The number of aryl methyl sites for hydroxylation is 1. The lowest BCUT2D eigenvalue weighted by Gasteiger charge is -2.12. The van der Waals surface area contributed by atoms with Crippen molar-refractivity contribution in [3.05, 3.63) is 101 Å². The predicted octanol–water partition coefficient (Wildman–Crippen LogP) is 6.31. The molecule has 0 spiro atoms. The number of hydrogen-bond acceptors (Lipinski definition) is 3. The quantitative estimate of drug-likeness (QED) is 0.415. The van der Waals surface area contributed by atoms with E-state index in [0.29, 0.717) is 21.7 Å². The van der Waals surface area contributed by atoms with Gasteiger partial charge in [-0.15, -0.1) is 0 Å². The monoisotopic (exact) mass is 390 g/mol. The molecule has 0 amide bonds. The molecule has 0 radical (unpaired) electrons. The van der Waals surface area contributed by atoms with E-state index < -0.39 is 0 Å². The molecule has 1 heterocycles. The smallest absolute Gasteiger partial charge is 0.194 e. The molecule has 4 aromatic rings. The summed E-state index contributed by atoms with van der Waals surface area (Å²) >= 11 is 6.39. The Labute approximate surface area is 166 Å². The minimum atomic E-state index is -0.372. The molecular formula is C23H16ClFN2O. The summed E-state index contributed by atoms with van der Waals surface area (Å²) in [5.41, 5.74) is 2.98. The maximum atomic E-state index is 13.3. The van der Waals surface area contributed by atoms with Crippen LogP contribution in [0.4, 0.5) is 15.8 Å². The standard InChI is InChI=1S/C23H16ClFN2O/c1-14-10-16(25)6-8-18(14)23(28)20-9-7-17(11-21(20)24)27-22-13-26-12-15-4-2-3-5-19(15)22/h2-13,27H,1H3. The van der Waals surface area contributed by atoms with Gasteiger partial charge in [-0.2, -0.15) is 0 Å². The first-order valence-corrected chi connectivity index (χ1v) is 9.11. The van der Waals surface area contributed by atoms with Crippen LogP contribution in [0.25, 0.3) is 10.8 Å². The Bertz CT molecular complexity index is 1200. The number of hydrogen-bond donors (Lipinski definition) is 1. The van der Waals surface area contributed by atoms with Crippen LogP contribution in [-0.2, 0) is 0 Å². The Hall–Kier alpha value is -3.24. The fourth-order valence-electron chi connectivity index (χ4n) is 3.18. The number of fused-ring (bicyclic) bond motifs is 1. The minimum Gasteiger partial charge on any atom is -0.354 e. The highest BCUT2D eigenvalue weighted by Gasteiger charge is 2.16. The topological polar surface area (TPSA) is 42.0 Å². The van der Waals surface area contributed by atoms with Crippen LogP contribution in [0, 0.1) is 12.7 Å². The summed E-state index contributed by atoms with van der Waals surface area (Å²) in [6.45, 7) is 1.70. The van der Waals surface area contributed by atoms with Crippen molar-refractivity contribution in [3.8, 4) is 0 Å². The first-order valence-electron chi connectivity index (χ1n) is 8.73. The van der Waals surface area contributed by atoms with Gasteiger partial charge in [0.15, 0.2) is 5.78 Å². The van der Waals surface area contributed by atoms with Gasteiger partial charge >= 0.3 is 0 Å². The molecule has 28 heavy (non-hydrogen) atoms. The SMILES string of the molecule is Cc1cc(F)ccc1C(=O)c1ccc(Nc2cncc3ccccc23)cc1Cl. The molecule has 0 aliphatic carbocycles. The molecule has 0 unspecified atom stereocenters. The molecular weight excluding hydrogens is 375 g/mol. The molecule has 0 aliphatic rings. The van der Waals surface area contributed by atoms with Crippen LogP contribution >= 0.6 is 11.6 Å². The van der Waals surface area contributed by atoms with Crippen molar-refractivity contribution in [3.63, 3.8) is 0 Å². The van der Waals surface area contributed by atoms with Gasteiger partial charge in [0.05, 0.1) is 16.9 Å². The van der Waals surface area contributed by atoms with Crippen molar-refractivity contribution in [2.75, 3.05) is 5.32 Å². The molecule has 138 valence electrons. The number of ketones is 1. The van der Waals surface area contributed by atoms with E-state index in [1.807, 2.05) is 24.3 Å². The summed E-state index contributed by atoms with van der Waals surface area (Å²) < 4.78 is 13.3. The van der Waals surface area contributed by atoms with Gasteiger partial charge in [0.25, 0.3) is 0 Å². The zero-order chi connectivity index (χ0) is 19.7. The average molecular weight is 391 g/mol. The Balaban J connectivity index is 1.65. The highest BCUT2D eigenvalue weighted by atomic mass is 35.5. The van der Waals surface area contributed by atoms with Crippen LogP contribution in [0.2, 0.25) is 5.02 Å². The maximum Gasteiger partial charge on any atom is 0.194 e. The summed E-state index contributed by atoms with van der Waals surface area (Å²) in [5.74, 6) is -0.607. The van der Waals surface area contributed by atoms with Crippen molar-refractivity contribution in [2.45, 2.75) is 6.92 Å². The molecule has 1 aromatic heterocycles. The normalized spacial score (nSPS) is 10.8. The summed E-state index contributed by atoms with van der Waals surface area (Å²) in [6.07, 6.45) is 3.55. The number of carbonyl (C=O) groups is 1. The van der Waals surface area contributed by atoms with E-state index in [2.05, 4.69) is 10.3 Å². The number of carbonyl (C=O) groups excluding carboxylic acids is 1. The lowest BCUT2D eigenvalue weighted by molar-refractivity contribution is 0.103. The van der Waals surface area contributed by atoms with Gasteiger partial charge < -0.3 is 5.32 Å². The van der Waals surface area contributed by atoms with E-state index in [1.54, 1.807) is 37.5 Å². The lowest BCUT2D eigenvalue weighted by Crippen LogP contribution is -2.05. The van der Waals surface area contributed by atoms with Crippen LogP contribution in [0.3, 0.4) is 0 Å². The first kappa shape index (κ1) is 18.1. The largest absolute Gasteiger partial charge is 0.354 e. The second-order valence-electron chi connectivity index (χ2n) is 6.52. The van der Waals surface area contributed by atoms with E-state index in [9.17, 15) is 9.18 Å². The molecule has 0 bridgehead atoms. The summed E-state index contributed by atoms with van der Waals surface area (Å²) in [4.78, 5) is 17.1. The second-order valence-corrected chi connectivity index (χ2v) is 6.92. The van der Waals surface area contributed by atoms with Gasteiger partial charge in [-0.3, -0.25) is 9.78 Å². The van der Waals surface area contributed by atoms with Crippen LogP contribution in [0.1, 0.15) is 21.5 Å². The number of pyridine rings is 1. The van der Waals surface area contributed by atoms with Gasteiger partial charge in [0.1, 0.15) is 5.82 Å². The number of benzene rings is 3. The number of nitrogens with zero attached hydrogens (tertiary/aromatic N) is 1. The third-order valence-corrected chi connectivity index (χ3v) is 4.91. The van der Waals surface area contributed by atoms with Crippen LogP contribution < -0.4 is 5.32 Å². The first-order chi connectivity index (χ1) is 13.5. The summed E-state index contributed by atoms with van der Waals surface area (Å²) in [6, 6.07) is 17.2. The van der Waals surface area contributed by atoms with E-state index in [-0.39, 0.29) is 11.6 Å². The highest BCUT2D eigenvalue weighted by molar-refractivity contribution is 6.35. The van der Waals surface area contributed by atoms with Crippen LogP contribution in [-0.4, -0.2) is 10.8 Å². The highest BCUT2D eigenvalue weighted by Crippen LogP contribution is 2.29. The predicted molar refractivity (Wildman–Crippen MR) is 111 cm³/mol. The van der Waals surface area contributed by atoms with Gasteiger partial charge in [0.2, 0.25) is 0 Å². The fourth-order valence-corrected chi connectivity index (χ4v) is 3.44. The number of halogens is 2. The Morgan fingerprint density at radius 1 is 1.00 bits per heavy atom. The van der Waals surface area contributed by atoms with Crippen LogP contribution in [0.15, 0.2) is 73.1 Å². The Kier molecular flexibility index (Phi) is 4.80. The number of nitrogens with one attached hydrogen (secondary N) is 1. The van der Waals surface area contributed by atoms with E-state index in [1.165, 1.54) is 18.2 Å². The molecule has 0 fully saturated rings. The molecule has 3 aromatic carbocycles. The maximum absolute atomic E-state index is 13.3. The molecule has 0 saturated carbocycles. The Morgan fingerprint density at radius 2 is 1.79 bits per heavy atom. The van der Waals surface area contributed by atoms with E-state index in [0.717, 1.165) is 22.1 Å². The van der Waals surface area contributed by atoms with Crippen molar-refractivity contribution >= 4 is 39.5 Å². The summed E-state index contributed by atoms with van der Waals surface area (Å²) in [5, 5.41) is 5.69. The average Bonchev–Trinajstić information content (AvgIpc) is 2.68. The molecule has 0 atom stereocenters. The summed E-state index contributed by atoms with van der Waals surface area (Å²) in [7, 11) is 0. The molecule has 4 rings (SSSR count). The zero-order valence-electron chi connectivity index (χ0n) is 15.0. The van der Waals surface area contributed by atoms with Gasteiger partial charge in [-0.1, -0.05) is 35.9 Å². The molecule has 5 heteroatoms. The molecule has 0 aliphatic heterocycles. The van der Waals surface area contributed by atoms with E-state index in [4.69, 9.17) is 11.6 Å². The number of anilines is 2. The third-order valence-electron chi connectivity index (χ3n) is 4.59.